The Bertz CT molecular complexity index is 5410. The number of rotatable bonds is 15. The minimum atomic E-state index is -0.697. The molecule has 0 bridgehead atoms. The lowest BCUT2D eigenvalue weighted by molar-refractivity contribution is 0.589. The maximum Gasteiger partial charge on any atom is 0.133 e. The topological polar surface area (TPSA) is 6.48 Å². The summed E-state index contributed by atoms with van der Waals surface area (Å²) in [5.41, 5.74) is 28.7. The molecular weight excluding hydrogens is 1220 g/mol. The van der Waals surface area contributed by atoms with Crippen LogP contribution in [0.25, 0.3) is 67.8 Å². The van der Waals surface area contributed by atoms with Gasteiger partial charge in [0.1, 0.15) is 5.82 Å². The second-order valence-electron chi connectivity index (χ2n) is 29.1. The summed E-state index contributed by atoms with van der Waals surface area (Å²) in [5.74, 6) is -0.329. The van der Waals surface area contributed by atoms with Gasteiger partial charge in [-0.25, -0.2) is 4.39 Å². The van der Waals surface area contributed by atoms with E-state index in [0.717, 1.165) is 84.1 Å². The van der Waals surface area contributed by atoms with Gasteiger partial charge >= 0.3 is 0 Å². The standard InChI is InChI=1S/C98H79FN2/c1-9-66-29-39-75(40-30-66)97(77-47-43-73(44-48-77)95(3,4)5)90-27-19-17-25-86(90)88-61-58-82(63-92(88)97)100(79-51-33-70(34-52-79)68-21-13-11-14-22-68)80-55-37-72(38-56-80)85-60-57-84(65-94(85)99)101(81-53-35-71(36-54-81)69-23-15-12-16-24-69)83-59-62-89-87-26-18-20-28-91(87)98(93(89)64-83,76-41-31-67(10-2)32-42-76)78-49-45-74(46-50-78)96(6,7)8/h9-65H,1-2H2,3-8H3. The smallest absolute Gasteiger partial charge is 0.133 e. The van der Waals surface area contributed by atoms with E-state index in [9.17, 15) is 0 Å². The van der Waals surface area contributed by atoms with Gasteiger partial charge in [-0.3, -0.25) is 0 Å². The summed E-state index contributed by atoms with van der Waals surface area (Å²) in [6, 6.07) is 121. The van der Waals surface area contributed by atoms with Gasteiger partial charge in [0.05, 0.1) is 10.8 Å². The second-order valence-corrected chi connectivity index (χ2v) is 29.1. The zero-order chi connectivity index (χ0) is 69.2. The number of benzene rings is 14. The highest BCUT2D eigenvalue weighted by Crippen LogP contribution is 2.60. The Morgan fingerprint density at radius 3 is 0.911 bits per heavy atom. The molecule has 2 aliphatic rings. The van der Waals surface area contributed by atoms with Crippen molar-refractivity contribution < 1.29 is 4.39 Å². The van der Waals surface area contributed by atoms with Crippen LogP contribution in [0.15, 0.2) is 347 Å². The summed E-state index contributed by atoms with van der Waals surface area (Å²) in [7, 11) is 0. The fourth-order valence-electron chi connectivity index (χ4n) is 16.0. The third-order valence-electron chi connectivity index (χ3n) is 21.2. The van der Waals surface area contributed by atoms with Crippen molar-refractivity contribution >= 4 is 46.3 Å². The van der Waals surface area contributed by atoms with Gasteiger partial charge in [-0.2, -0.15) is 0 Å². The molecule has 488 valence electrons. The van der Waals surface area contributed by atoms with Crippen molar-refractivity contribution in [2.75, 3.05) is 9.80 Å². The fraction of sp³-hybridized carbons (Fsp3) is 0.102. The number of hydrogen-bond donors (Lipinski definition) is 0. The van der Waals surface area contributed by atoms with Crippen LogP contribution in [0.2, 0.25) is 0 Å². The highest BCUT2D eigenvalue weighted by molar-refractivity contribution is 5.93. The van der Waals surface area contributed by atoms with E-state index in [1.807, 2.05) is 24.3 Å². The van der Waals surface area contributed by atoms with Crippen LogP contribution in [0, 0.1) is 5.82 Å². The Balaban J connectivity index is 0.823. The molecule has 0 aliphatic heterocycles. The molecular formula is C98H79FN2. The van der Waals surface area contributed by atoms with Gasteiger partial charge in [0.15, 0.2) is 0 Å². The van der Waals surface area contributed by atoms with Crippen molar-refractivity contribution in [1.29, 1.82) is 0 Å². The molecule has 0 fully saturated rings. The molecule has 2 nitrogen and oxygen atoms in total. The number of anilines is 6. The SMILES string of the molecule is C=Cc1ccc(C2(c3ccc(C(C)(C)C)cc3)c3ccccc3-c3ccc(N(c4ccc(-c5ccccc5)cc4)c4ccc(-c5ccc(N(c6ccc(-c7ccccc7)cc6)c6ccc7c(c6)C(c6ccc(C=C)cc6)(c6ccc(C(C)(C)C)cc6)c6ccccc6-7)cc5F)cc4)cc32)cc1. The zero-order valence-electron chi connectivity index (χ0n) is 58.1. The lowest BCUT2D eigenvalue weighted by atomic mass is 9.67. The summed E-state index contributed by atoms with van der Waals surface area (Å²) < 4.78 is 18.0. The highest BCUT2D eigenvalue weighted by Gasteiger charge is 2.48. The minimum absolute atomic E-state index is 0.0248. The number of nitrogens with zero attached hydrogens (tertiary/aromatic N) is 2. The molecule has 14 aromatic rings. The van der Waals surface area contributed by atoms with E-state index >= 15 is 4.39 Å². The molecule has 0 saturated carbocycles. The summed E-state index contributed by atoms with van der Waals surface area (Å²) in [6.07, 6.45) is 3.82. The molecule has 16 rings (SSSR count). The average molecular weight is 1300 g/mol. The first-order chi connectivity index (χ1) is 49.1. The molecule has 0 spiro atoms. The van der Waals surface area contributed by atoms with Gasteiger partial charge in [-0.05, 0) is 207 Å². The zero-order valence-corrected chi connectivity index (χ0v) is 58.1. The van der Waals surface area contributed by atoms with E-state index in [4.69, 9.17) is 0 Å². The molecule has 2 unspecified atom stereocenters. The van der Waals surface area contributed by atoms with Crippen LogP contribution in [-0.2, 0) is 21.7 Å². The van der Waals surface area contributed by atoms with Crippen LogP contribution >= 0.6 is 0 Å². The van der Waals surface area contributed by atoms with Crippen LogP contribution in [-0.4, -0.2) is 0 Å². The van der Waals surface area contributed by atoms with Gasteiger partial charge in [0.25, 0.3) is 0 Å². The first-order valence-electron chi connectivity index (χ1n) is 35.1. The van der Waals surface area contributed by atoms with Crippen LogP contribution in [0.5, 0.6) is 0 Å². The van der Waals surface area contributed by atoms with Gasteiger partial charge in [-0.15, -0.1) is 0 Å². The van der Waals surface area contributed by atoms with E-state index in [2.05, 4.69) is 380 Å². The largest absolute Gasteiger partial charge is 0.310 e. The van der Waals surface area contributed by atoms with Crippen LogP contribution < -0.4 is 9.80 Å². The van der Waals surface area contributed by atoms with Crippen LogP contribution in [0.4, 0.5) is 38.5 Å². The predicted molar refractivity (Wildman–Crippen MR) is 424 cm³/mol. The van der Waals surface area contributed by atoms with E-state index in [1.54, 1.807) is 6.07 Å². The van der Waals surface area contributed by atoms with Crippen LogP contribution in [0.3, 0.4) is 0 Å². The number of halogens is 1. The molecule has 3 heteroatoms. The molecule has 0 heterocycles. The predicted octanol–water partition coefficient (Wildman–Crippen LogP) is 26.4. The fourth-order valence-corrected chi connectivity index (χ4v) is 16.0. The van der Waals surface area contributed by atoms with Crippen molar-refractivity contribution in [3.63, 3.8) is 0 Å². The average Bonchev–Trinajstić information content (AvgIpc) is 1.55. The molecule has 101 heavy (non-hydrogen) atoms. The number of fused-ring (bicyclic) bond motifs is 6. The van der Waals surface area contributed by atoms with Gasteiger partial charge in [-0.1, -0.05) is 322 Å². The van der Waals surface area contributed by atoms with Gasteiger partial charge < -0.3 is 9.80 Å². The molecule has 0 saturated heterocycles. The normalized spacial score (nSPS) is 15.0. The third-order valence-corrected chi connectivity index (χ3v) is 21.2. The van der Waals surface area contributed by atoms with E-state index in [-0.39, 0.29) is 16.6 Å². The summed E-state index contributed by atoms with van der Waals surface area (Å²) in [6.45, 7) is 21.9. The Labute approximate surface area is 595 Å². The van der Waals surface area contributed by atoms with E-state index < -0.39 is 10.8 Å². The molecule has 0 amide bonds. The molecule has 2 aliphatic carbocycles. The summed E-state index contributed by atoms with van der Waals surface area (Å²) in [4.78, 5) is 4.56. The molecule has 14 aromatic carbocycles. The third kappa shape index (κ3) is 11.0. The summed E-state index contributed by atoms with van der Waals surface area (Å²) >= 11 is 0. The van der Waals surface area contributed by atoms with E-state index in [0.29, 0.717) is 11.3 Å². The second kappa shape index (κ2) is 25.4. The Morgan fingerprint density at radius 2 is 0.554 bits per heavy atom. The lowest BCUT2D eigenvalue weighted by Gasteiger charge is -2.35. The van der Waals surface area contributed by atoms with Crippen molar-refractivity contribution in [3.8, 4) is 55.6 Å². The first kappa shape index (κ1) is 63.8. The quantitative estimate of drug-likeness (QED) is 0.101. The van der Waals surface area contributed by atoms with E-state index in [1.165, 1.54) is 61.2 Å². The molecule has 0 radical (unpaired) electrons. The van der Waals surface area contributed by atoms with Crippen molar-refractivity contribution in [2.45, 2.75) is 63.2 Å². The van der Waals surface area contributed by atoms with Crippen molar-refractivity contribution in [2.24, 2.45) is 0 Å². The molecule has 0 N–H and O–H groups in total. The van der Waals surface area contributed by atoms with Crippen LogP contribution in [0.1, 0.15) is 108 Å². The number of hydrogen-bond acceptors (Lipinski definition) is 2. The van der Waals surface area contributed by atoms with Gasteiger partial charge in [0.2, 0.25) is 0 Å². The minimum Gasteiger partial charge on any atom is -0.310 e. The monoisotopic (exact) mass is 1300 g/mol. The highest BCUT2D eigenvalue weighted by atomic mass is 19.1. The molecule has 0 aromatic heterocycles. The maximum absolute atomic E-state index is 18.0. The maximum atomic E-state index is 18.0. The Hall–Kier alpha value is -11.9. The molecule has 2 atom stereocenters. The van der Waals surface area contributed by atoms with Crippen molar-refractivity contribution in [1.82, 2.24) is 0 Å². The first-order valence-corrected chi connectivity index (χ1v) is 35.1. The lowest BCUT2D eigenvalue weighted by Crippen LogP contribution is -2.29. The summed E-state index contributed by atoms with van der Waals surface area (Å²) in [5, 5.41) is 0. The Kier molecular flexibility index (Phi) is 16.1. The van der Waals surface area contributed by atoms with Crippen molar-refractivity contribution in [3.05, 3.63) is 419 Å². The Morgan fingerprint density at radius 1 is 0.267 bits per heavy atom. The van der Waals surface area contributed by atoms with Gasteiger partial charge in [0, 0.05) is 39.7 Å².